The van der Waals surface area contributed by atoms with Gasteiger partial charge in [-0.1, -0.05) is 30.3 Å². The third-order valence-electron chi connectivity index (χ3n) is 5.38. The third kappa shape index (κ3) is 3.79. The molecule has 4 rings (SSSR count). The van der Waals surface area contributed by atoms with Crippen molar-refractivity contribution in [1.82, 2.24) is 14.8 Å². The molecule has 0 spiro atoms. The zero-order valence-corrected chi connectivity index (χ0v) is 15.9. The SMILES string of the molecule is Cn1c(C(=O)NCC(c2ccc(F)cc2)N2CCOCC2)cc2ccccc21. The molecule has 0 radical (unpaired) electrons. The molecule has 0 aliphatic carbocycles. The Hall–Kier alpha value is -2.70. The van der Waals surface area contributed by atoms with Crippen LogP contribution in [0.2, 0.25) is 0 Å². The molecular weight excluding hydrogens is 357 g/mol. The van der Waals surface area contributed by atoms with Crippen molar-refractivity contribution in [3.05, 3.63) is 71.7 Å². The predicted octanol–water partition coefficient (Wildman–Crippen LogP) is 3.12. The summed E-state index contributed by atoms with van der Waals surface area (Å²) in [6, 6.07) is 16.3. The van der Waals surface area contributed by atoms with Crippen LogP contribution in [0.3, 0.4) is 0 Å². The summed E-state index contributed by atoms with van der Waals surface area (Å²) in [5.41, 5.74) is 2.64. The van der Waals surface area contributed by atoms with Crippen LogP contribution in [0, 0.1) is 5.82 Å². The van der Waals surface area contributed by atoms with E-state index in [0.717, 1.165) is 29.6 Å². The first-order valence-electron chi connectivity index (χ1n) is 9.53. The van der Waals surface area contributed by atoms with Crippen LogP contribution >= 0.6 is 0 Å². The van der Waals surface area contributed by atoms with Crippen molar-refractivity contribution in [3.8, 4) is 0 Å². The molecule has 2 aromatic carbocycles. The van der Waals surface area contributed by atoms with Gasteiger partial charge >= 0.3 is 0 Å². The maximum Gasteiger partial charge on any atom is 0.267 e. The van der Waals surface area contributed by atoms with Crippen LogP contribution in [0.4, 0.5) is 4.39 Å². The first-order valence-corrected chi connectivity index (χ1v) is 9.53. The molecule has 1 amide bonds. The van der Waals surface area contributed by atoms with E-state index in [-0.39, 0.29) is 17.8 Å². The summed E-state index contributed by atoms with van der Waals surface area (Å²) in [7, 11) is 1.90. The van der Waals surface area contributed by atoms with E-state index in [1.54, 1.807) is 12.1 Å². The van der Waals surface area contributed by atoms with Gasteiger partial charge in [0.2, 0.25) is 0 Å². The van der Waals surface area contributed by atoms with Crippen molar-refractivity contribution in [2.75, 3.05) is 32.8 Å². The summed E-state index contributed by atoms with van der Waals surface area (Å²) >= 11 is 0. The van der Waals surface area contributed by atoms with Crippen molar-refractivity contribution < 1.29 is 13.9 Å². The van der Waals surface area contributed by atoms with Gasteiger partial charge < -0.3 is 14.6 Å². The number of morpholine rings is 1. The van der Waals surface area contributed by atoms with Crippen LogP contribution in [0.1, 0.15) is 22.1 Å². The maximum atomic E-state index is 13.4. The van der Waals surface area contributed by atoms with E-state index in [9.17, 15) is 9.18 Å². The summed E-state index contributed by atoms with van der Waals surface area (Å²) in [6.07, 6.45) is 0. The zero-order valence-electron chi connectivity index (χ0n) is 15.9. The highest BCUT2D eigenvalue weighted by Gasteiger charge is 2.24. The Balaban J connectivity index is 1.53. The zero-order chi connectivity index (χ0) is 19.5. The minimum atomic E-state index is -0.260. The monoisotopic (exact) mass is 381 g/mol. The van der Waals surface area contributed by atoms with Gasteiger partial charge in [-0.25, -0.2) is 4.39 Å². The number of benzene rings is 2. The van der Waals surface area contributed by atoms with E-state index in [4.69, 9.17) is 4.74 Å². The number of rotatable bonds is 5. The topological polar surface area (TPSA) is 46.5 Å². The molecule has 146 valence electrons. The van der Waals surface area contributed by atoms with E-state index in [0.29, 0.717) is 25.5 Å². The number of para-hydroxylation sites is 1. The van der Waals surface area contributed by atoms with Gasteiger partial charge in [-0.05, 0) is 29.8 Å². The summed E-state index contributed by atoms with van der Waals surface area (Å²) in [4.78, 5) is 15.1. The summed E-state index contributed by atoms with van der Waals surface area (Å²) < 4.78 is 20.7. The molecule has 1 unspecified atom stereocenters. The van der Waals surface area contributed by atoms with Crippen molar-refractivity contribution >= 4 is 16.8 Å². The smallest absolute Gasteiger partial charge is 0.267 e. The average molecular weight is 381 g/mol. The van der Waals surface area contributed by atoms with Gasteiger partial charge in [0, 0.05) is 37.6 Å². The molecule has 1 aliphatic heterocycles. The molecule has 1 fully saturated rings. The number of hydrogen-bond donors (Lipinski definition) is 1. The van der Waals surface area contributed by atoms with E-state index < -0.39 is 0 Å². The normalized spacial score (nSPS) is 16.2. The number of amides is 1. The fourth-order valence-electron chi connectivity index (χ4n) is 3.82. The Labute approximate surface area is 163 Å². The van der Waals surface area contributed by atoms with Crippen molar-refractivity contribution in [2.24, 2.45) is 7.05 Å². The molecular formula is C22H24FN3O2. The second-order valence-electron chi connectivity index (χ2n) is 7.07. The van der Waals surface area contributed by atoms with Gasteiger partial charge in [-0.2, -0.15) is 0 Å². The van der Waals surface area contributed by atoms with E-state index >= 15 is 0 Å². The molecule has 1 aliphatic rings. The minimum absolute atomic E-state index is 0.0249. The molecule has 6 heteroatoms. The molecule has 1 aromatic heterocycles. The quantitative estimate of drug-likeness (QED) is 0.739. The molecule has 1 N–H and O–H groups in total. The number of aryl methyl sites for hydroxylation is 1. The number of aromatic nitrogens is 1. The number of nitrogens with one attached hydrogen (secondary N) is 1. The second-order valence-corrected chi connectivity index (χ2v) is 7.07. The Bertz CT molecular complexity index is 962. The maximum absolute atomic E-state index is 13.4. The summed E-state index contributed by atoms with van der Waals surface area (Å²) in [5, 5.41) is 4.12. The van der Waals surface area contributed by atoms with E-state index in [1.807, 2.05) is 41.9 Å². The largest absolute Gasteiger partial charge is 0.379 e. The molecule has 1 atom stereocenters. The first-order chi connectivity index (χ1) is 13.6. The average Bonchev–Trinajstić information content (AvgIpc) is 3.07. The van der Waals surface area contributed by atoms with Gasteiger partial charge in [-0.3, -0.25) is 9.69 Å². The van der Waals surface area contributed by atoms with Crippen molar-refractivity contribution in [3.63, 3.8) is 0 Å². The molecule has 1 saturated heterocycles. The Morgan fingerprint density at radius 2 is 1.86 bits per heavy atom. The lowest BCUT2D eigenvalue weighted by atomic mass is 10.0. The number of ether oxygens (including phenoxy) is 1. The third-order valence-corrected chi connectivity index (χ3v) is 5.38. The second kappa shape index (κ2) is 8.12. The van der Waals surface area contributed by atoms with Crippen LogP contribution < -0.4 is 5.32 Å². The first kappa shape index (κ1) is 18.7. The highest BCUT2D eigenvalue weighted by Crippen LogP contribution is 2.23. The van der Waals surface area contributed by atoms with Crippen LogP contribution in [0.15, 0.2) is 54.6 Å². The number of halogens is 1. The highest BCUT2D eigenvalue weighted by atomic mass is 19.1. The number of fused-ring (bicyclic) bond motifs is 1. The molecule has 28 heavy (non-hydrogen) atoms. The molecule has 0 bridgehead atoms. The van der Waals surface area contributed by atoms with Crippen LogP contribution in [0.5, 0.6) is 0 Å². The summed E-state index contributed by atoms with van der Waals surface area (Å²) in [6.45, 7) is 3.34. The van der Waals surface area contributed by atoms with Crippen LogP contribution in [0.25, 0.3) is 10.9 Å². The van der Waals surface area contributed by atoms with Gasteiger partial charge in [0.15, 0.2) is 0 Å². The minimum Gasteiger partial charge on any atom is -0.379 e. The van der Waals surface area contributed by atoms with Gasteiger partial charge in [0.05, 0.1) is 19.3 Å². The fourth-order valence-corrected chi connectivity index (χ4v) is 3.82. The number of carbonyl (C=O) groups is 1. The molecule has 3 aromatic rings. The molecule has 5 nitrogen and oxygen atoms in total. The Morgan fingerprint density at radius 1 is 1.14 bits per heavy atom. The Morgan fingerprint density at radius 3 is 2.57 bits per heavy atom. The molecule has 2 heterocycles. The van der Waals surface area contributed by atoms with Gasteiger partial charge in [0.1, 0.15) is 11.5 Å². The van der Waals surface area contributed by atoms with E-state index in [1.165, 1.54) is 12.1 Å². The molecule has 0 saturated carbocycles. The Kier molecular flexibility index (Phi) is 5.41. The van der Waals surface area contributed by atoms with Crippen molar-refractivity contribution in [2.45, 2.75) is 6.04 Å². The van der Waals surface area contributed by atoms with Crippen LogP contribution in [-0.4, -0.2) is 48.2 Å². The van der Waals surface area contributed by atoms with Gasteiger partial charge in [-0.15, -0.1) is 0 Å². The number of nitrogens with zero attached hydrogens (tertiary/aromatic N) is 2. The standard InChI is InChI=1S/C22H24FN3O2/c1-25-19-5-3-2-4-17(19)14-20(25)22(27)24-15-21(26-10-12-28-13-11-26)16-6-8-18(23)9-7-16/h2-9,14,21H,10-13,15H2,1H3,(H,24,27). The number of carbonyl (C=O) groups excluding carboxylic acids is 1. The van der Waals surface area contributed by atoms with E-state index in [2.05, 4.69) is 10.2 Å². The lowest BCUT2D eigenvalue weighted by Crippen LogP contribution is -2.44. The fraction of sp³-hybridized carbons (Fsp3) is 0.318. The lowest BCUT2D eigenvalue weighted by molar-refractivity contribution is 0.0162. The van der Waals surface area contributed by atoms with Gasteiger partial charge in [0.25, 0.3) is 5.91 Å². The lowest BCUT2D eigenvalue weighted by Gasteiger charge is -2.35. The van der Waals surface area contributed by atoms with Crippen LogP contribution in [-0.2, 0) is 11.8 Å². The predicted molar refractivity (Wildman–Crippen MR) is 107 cm³/mol. The summed E-state index contributed by atoms with van der Waals surface area (Å²) in [5.74, 6) is -0.372. The van der Waals surface area contributed by atoms with Crippen molar-refractivity contribution in [1.29, 1.82) is 0 Å². The highest BCUT2D eigenvalue weighted by molar-refractivity contribution is 5.98. The number of hydrogen-bond acceptors (Lipinski definition) is 3.